The molecule has 1 unspecified atom stereocenters. The van der Waals surface area contributed by atoms with Gasteiger partial charge in [0.15, 0.2) is 5.78 Å². The first kappa shape index (κ1) is 21.2. The van der Waals surface area contributed by atoms with Crippen LogP contribution in [0.15, 0.2) is 48.5 Å². The van der Waals surface area contributed by atoms with Gasteiger partial charge in [-0.15, -0.1) is 0 Å². The van der Waals surface area contributed by atoms with Gasteiger partial charge < -0.3 is 19.7 Å². The Hall–Kier alpha value is -3.52. The number of amides is 1. The topological polar surface area (TPSA) is 102 Å². The molecule has 0 saturated carbocycles. The molecule has 1 N–H and O–H groups in total. The van der Waals surface area contributed by atoms with Crippen molar-refractivity contribution >= 4 is 23.6 Å². The second-order valence-electron chi connectivity index (χ2n) is 6.72. The third-order valence-corrected chi connectivity index (χ3v) is 4.95. The summed E-state index contributed by atoms with van der Waals surface area (Å²) in [7, 11) is 2.58. The highest BCUT2D eigenvalue weighted by Gasteiger charge is 2.33. The van der Waals surface area contributed by atoms with Crippen molar-refractivity contribution < 1.29 is 28.7 Å². The molecule has 156 valence electrons. The van der Waals surface area contributed by atoms with Crippen LogP contribution in [-0.2, 0) is 9.47 Å². The second kappa shape index (κ2) is 9.32. The fourth-order valence-corrected chi connectivity index (χ4v) is 3.30. The minimum Gasteiger partial charge on any atom is -0.465 e. The summed E-state index contributed by atoms with van der Waals surface area (Å²) in [6.07, 6.45) is 0. The molecule has 1 amide bonds. The van der Waals surface area contributed by atoms with Crippen LogP contribution in [0.2, 0.25) is 0 Å². The average molecular weight is 410 g/mol. The number of rotatable bonds is 5. The monoisotopic (exact) mass is 410 g/mol. The van der Waals surface area contributed by atoms with Crippen LogP contribution in [0, 0.1) is 0 Å². The smallest absolute Gasteiger partial charge is 0.337 e. The van der Waals surface area contributed by atoms with Crippen molar-refractivity contribution in [3.63, 3.8) is 0 Å². The number of benzene rings is 2. The Morgan fingerprint density at radius 1 is 0.800 bits per heavy atom. The minimum atomic E-state index is -0.685. The lowest BCUT2D eigenvalue weighted by Gasteiger charge is -2.35. The maximum atomic E-state index is 13.1. The Morgan fingerprint density at radius 3 is 1.77 bits per heavy atom. The van der Waals surface area contributed by atoms with Crippen LogP contribution >= 0.6 is 0 Å². The number of hydrogen-bond acceptors (Lipinski definition) is 7. The molecule has 30 heavy (non-hydrogen) atoms. The van der Waals surface area contributed by atoms with Crippen LogP contribution < -0.4 is 5.32 Å². The summed E-state index contributed by atoms with van der Waals surface area (Å²) in [5.74, 6) is -1.49. The minimum absolute atomic E-state index is 0.224. The zero-order valence-corrected chi connectivity index (χ0v) is 16.7. The van der Waals surface area contributed by atoms with Crippen molar-refractivity contribution in [1.29, 1.82) is 0 Å². The fourth-order valence-electron chi connectivity index (χ4n) is 3.30. The highest BCUT2D eigenvalue weighted by molar-refractivity contribution is 6.05. The van der Waals surface area contributed by atoms with Gasteiger partial charge in [0.05, 0.1) is 25.3 Å². The molecule has 0 radical (unpaired) electrons. The molecule has 0 aromatic heterocycles. The Balaban J connectivity index is 1.80. The summed E-state index contributed by atoms with van der Waals surface area (Å²) in [6, 6.07) is 11.6. The number of carbonyl (C=O) groups excluding carboxylic acids is 4. The van der Waals surface area contributed by atoms with E-state index in [0.29, 0.717) is 41.9 Å². The predicted octanol–water partition coefficient (Wildman–Crippen LogP) is 1.56. The SMILES string of the molecule is COC(=O)c1ccc(C(=O)C2CNCCN2C(=O)c2ccc(C(=O)OC)cc2)cc1. The number of ketones is 1. The second-order valence-corrected chi connectivity index (χ2v) is 6.72. The molecule has 8 nitrogen and oxygen atoms in total. The predicted molar refractivity (Wildman–Crippen MR) is 108 cm³/mol. The van der Waals surface area contributed by atoms with Crippen LogP contribution in [0.1, 0.15) is 41.4 Å². The molecular weight excluding hydrogens is 388 g/mol. The van der Waals surface area contributed by atoms with Gasteiger partial charge in [-0.25, -0.2) is 9.59 Å². The van der Waals surface area contributed by atoms with Crippen molar-refractivity contribution in [2.24, 2.45) is 0 Å². The van der Waals surface area contributed by atoms with E-state index in [1.165, 1.54) is 43.4 Å². The molecule has 1 fully saturated rings. The normalized spacial score (nSPS) is 15.9. The first-order chi connectivity index (χ1) is 14.5. The number of nitrogens with one attached hydrogen (secondary N) is 1. The Labute approximate surface area is 173 Å². The van der Waals surface area contributed by atoms with Crippen molar-refractivity contribution in [1.82, 2.24) is 10.2 Å². The van der Waals surface area contributed by atoms with Gasteiger partial charge in [0.2, 0.25) is 0 Å². The van der Waals surface area contributed by atoms with Crippen molar-refractivity contribution in [3.05, 3.63) is 70.8 Å². The van der Waals surface area contributed by atoms with Crippen LogP contribution in [-0.4, -0.2) is 68.4 Å². The molecule has 2 aromatic rings. The van der Waals surface area contributed by atoms with E-state index in [-0.39, 0.29) is 11.7 Å². The standard InChI is InChI=1S/C22H22N2O6/c1-29-21(27)16-7-3-14(4-8-16)19(25)18-13-23-11-12-24(18)20(26)15-5-9-17(10-6-15)22(28)30-2/h3-10,18,23H,11-13H2,1-2H3. The number of ether oxygens (including phenoxy) is 2. The number of methoxy groups -OCH3 is 2. The van der Waals surface area contributed by atoms with Crippen molar-refractivity contribution in [2.75, 3.05) is 33.9 Å². The zero-order valence-electron chi connectivity index (χ0n) is 16.7. The molecule has 1 heterocycles. The molecule has 1 saturated heterocycles. The Bertz CT molecular complexity index is 873. The summed E-state index contributed by atoms with van der Waals surface area (Å²) >= 11 is 0. The number of nitrogens with zero attached hydrogens (tertiary/aromatic N) is 1. The van der Waals surface area contributed by atoms with Gasteiger partial charge in [0.1, 0.15) is 6.04 Å². The molecule has 1 aliphatic rings. The van der Waals surface area contributed by atoms with E-state index in [9.17, 15) is 19.2 Å². The summed E-state index contributed by atoms with van der Waals surface area (Å²) in [4.78, 5) is 50.8. The summed E-state index contributed by atoms with van der Waals surface area (Å²) in [5.41, 5.74) is 1.46. The lowest BCUT2D eigenvalue weighted by Crippen LogP contribution is -2.57. The number of piperazine rings is 1. The third kappa shape index (κ3) is 4.38. The van der Waals surface area contributed by atoms with Gasteiger partial charge in [0.25, 0.3) is 5.91 Å². The zero-order chi connectivity index (χ0) is 21.7. The molecule has 0 bridgehead atoms. The first-order valence-electron chi connectivity index (χ1n) is 9.39. The molecular formula is C22H22N2O6. The van der Waals surface area contributed by atoms with E-state index in [1.807, 2.05) is 0 Å². The number of Topliss-reactive ketones (excluding diaryl/α,β-unsaturated/α-hetero) is 1. The van der Waals surface area contributed by atoms with E-state index in [4.69, 9.17) is 0 Å². The van der Waals surface area contributed by atoms with Gasteiger partial charge in [-0.05, 0) is 36.4 Å². The van der Waals surface area contributed by atoms with E-state index < -0.39 is 18.0 Å². The van der Waals surface area contributed by atoms with Crippen LogP contribution in [0.4, 0.5) is 0 Å². The van der Waals surface area contributed by atoms with E-state index in [0.717, 1.165) is 0 Å². The van der Waals surface area contributed by atoms with Crippen LogP contribution in [0.25, 0.3) is 0 Å². The summed E-state index contributed by atoms with van der Waals surface area (Å²) in [5, 5.41) is 3.14. The van der Waals surface area contributed by atoms with Gasteiger partial charge >= 0.3 is 11.9 Å². The highest BCUT2D eigenvalue weighted by atomic mass is 16.5. The van der Waals surface area contributed by atoms with Gasteiger partial charge in [-0.1, -0.05) is 12.1 Å². The first-order valence-corrected chi connectivity index (χ1v) is 9.39. The lowest BCUT2D eigenvalue weighted by molar-refractivity contribution is 0.0568. The quantitative estimate of drug-likeness (QED) is 0.589. The molecule has 8 heteroatoms. The molecule has 0 aliphatic carbocycles. The Morgan fingerprint density at radius 2 is 1.27 bits per heavy atom. The summed E-state index contributed by atoms with van der Waals surface area (Å²) < 4.78 is 9.33. The number of carbonyl (C=O) groups is 4. The van der Waals surface area contributed by atoms with Crippen LogP contribution in [0.3, 0.4) is 0 Å². The fraction of sp³-hybridized carbons (Fsp3) is 0.273. The summed E-state index contributed by atoms with van der Waals surface area (Å²) in [6.45, 7) is 1.26. The third-order valence-electron chi connectivity index (χ3n) is 4.95. The van der Waals surface area contributed by atoms with E-state index in [1.54, 1.807) is 24.3 Å². The highest BCUT2D eigenvalue weighted by Crippen LogP contribution is 2.17. The largest absolute Gasteiger partial charge is 0.465 e. The van der Waals surface area contributed by atoms with E-state index >= 15 is 0 Å². The number of esters is 2. The molecule has 1 atom stereocenters. The van der Waals surface area contributed by atoms with Crippen molar-refractivity contribution in [2.45, 2.75) is 6.04 Å². The average Bonchev–Trinajstić information content (AvgIpc) is 2.82. The number of hydrogen-bond donors (Lipinski definition) is 1. The van der Waals surface area contributed by atoms with E-state index in [2.05, 4.69) is 14.8 Å². The molecule has 3 rings (SSSR count). The molecule has 0 spiro atoms. The lowest BCUT2D eigenvalue weighted by atomic mass is 9.99. The molecule has 1 aliphatic heterocycles. The van der Waals surface area contributed by atoms with Crippen molar-refractivity contribution in [3.8, 4) is 0 Å². The van der Waals surface area contributed by atoms with Gasteiger partial charge in [-0.3, -0.25) is 9.59 Å². The van der Waals surface area contributed by atoms with Crippen LogP contribution in [0.5, 0.6) is 0 Å². The Kier molecular flexibility index (Phi) is 6.58. The van der Waals surface area contributed by atoms with Gasteiger partial charge in [-0.2, -0.15) is 0 Å². The molecule has 2 aromatic carbocycles. The maximum absolute atomic E-state index is 13.1. The van der Waals surface area contributed by atoms with Gasteiger partial charge in [0, 0.05) is 30.8 Å². The maximum Gasteiger partial charge on any atom is 0.337 e.